The molecule has 1 aliphatic rings. The monoisotopic (exact) mass is 284 g/mol. The molecule has 0 saturated carbocycles. The van der Waals surface area contributed by atoms with Crippen LogP contribution < -0.4 is 5.73 Å². The largest absolute Gasteiger partial charge is 0.393 e. The Kier molecular flexibility index (Phi) is 4.09. The topological polar surface area (TPSA) is 46.3 Å². The van der Waals surface area contributed by atoms with Gasteiger partial charge in [0.05, 0.1) is 4.99 Å². The molecule has 6 heteroatoms. The fourth-order valence-electron chi connectivity index (χ4n) is 2.25. The highest BCUT2D eigenvalue weighted by molar-refractivity contribution is 7.80. The third-order valence-electron chi connectivity index (χ3n) is 3.22. The summed E-state index contributed by atoms with van der Waals surface area (Å²) in [6.07, 6.45) is 1.63. The van der Waals surface area contributed by atoms with Crippen molar-refractivity contribution >= 4 is 23.1 Å². The molecule has 1 saturated heterocycles. The number of nitrogens with zero attached hydrogens (tertiary/aromatic N) is 1. The third kappa shape index (κ3) is 3.26. The number of amides is 1. The number of likely N-dealkylation sites (tertiary alicyclic amines) is 1. The summed E-state index contributed by atoms with van der Waals surface area (Å²) in [4.78, 5) is 14.1. The Labute approximate surface area is 115 Å². The Balaban J connectivity index is 2.16. The summed E-state index contributed by atoms with van der Waals surface area (Å²) in [7, 11) is 0. The molecule has 3 nitrogen and oxygen atoms in total. The highest BCUT2D eigenvalue weighted by Gasteiger charge is 2.26. The van der Waals surface area contributed by atoms with Gasteiger partial charge in [0.1, 0.15) is 11.6 Å². The van der Waals surface area contributed by atoms with Gasteiger partial charge in [0, 0.05) is 30.6 Å². The number of thiocarbonyl (C=S) groups is 1. The Morgan fingerprint density at radius 3 is 2.53 bits per heavy atom. The van der Waals surface area contributed by atoms with E-state index in [1.807, 2.05) is 0 Å². The minimum absolute atomic E-state index is 0.0149. The SMILES string of the molecule is NC(=S)C1CCCN(C(=O)c2cc(F)cc(F)c2)C1. The van der Waals surface area contributed by atoms with Crippen LogP contribution in [0.3, 0.4) is 0 Å². The first kappa shape index (κ1) is 13.9. The lowest BCUT2D eigenvalue weighted by Crippen LogP contribution is -2.43. The van der Waals surface area contributed by atoms with Crippen molar-refractivity contribution in [3.05, 3.63) is 35.4 Å². The van der Waals surface area contributed by atoms with Crippen LogP contribution in [0, 0.1) is 17.6 Å². The highest BCUT2D eigenvalue weighted by atomic mass is 32.1. The summed E-state index contributed by atoms with van der Waals surface area (Å²) in [5, 5.41) is 0. The van der Waals surface area contributed by atoms with Crippen molar-refractivity contribution in [2.75, 3.05) is 13.1 Å². The molecule has 1 unspecified atom stereocenters. The predicted molar refractivity (Wildman–Crippen MR) is 71.8 cm³/mol. The molecule has 2 rings (SSSR count). The van der Waals surface area contributed by atoms with E-state index >= 15 is 0 Å². The number of halogens is 2. The number of carbonyl (C=O) groups is 1. The zero-order valence-electron chi connectivity index (χ0n) is 10.2. The van der Waals surface area contributed by atoms with Crippen molar-refractivity contribution in [2.45, 2.75) is 12.8 Å². The van der Waals surface area contributed by atoms with Crippen molar-refractivity contribution in [2.24, 2.45) is 11.7 Å². The Bertz CT molecular complexity index is 501. The molecule has 1 amide bonds. The lowest BCUT2D eigenvalue weighted by atomic mass is 9.97. The molecule has 2 N–H and O–H groups in total. The summed E-state index contributed by atoms with van der Waals surface area (Å²) in [5.41, 5.74) is 5.60. The number of hydrogen-bond donors (Lipinski definition) is 1. The van der Waals surface area contributed by atoms with Crippen molar-refractivity contribution in [1.82, 2.24) is 4.90 Å². The minimum atomic E-state index is -0.758. The lowest BCUT2D eigenvalue weighted by Gasteiger charge is -2.32. The molecule has 1 fully saturated rings. The van der Waals surface area contributed by atoms with Gasteiger partial charge in [-0.2, -0.15) is 0 Å². The molecule has 1 heterocycles. The molecule has 0 aliphatic carbocycles. The first-order valence-corrected chi connectivity index (χ1v) is 6.43. The summed E-state index contributed by atoms with van der Waals surface area (Å²) in [6.45, 7) is 0.961. The van der Waals surface area contributed by atoms with E-state index in [1.54, 1.807) is 4.90 Å². The Morgan fingerprint density at radius 1 is 1.32 bits per heavy atom. The molecule has 0 spiro atoms. The number of benzene rings is 1. The lowest BCUT2D eigenvalue weighted by molar-refractivity contribution is 0.0702. The maximum atomic E-state index is 13.1. The zero-order chi connectivity index (χ0) is 14.0. The quantitative estimate of drug-likeness (QED) is 0.846. The van der Waals surface area contributed by atoms with Crippen LogP contribution in [0.2, 0.25) is 0 Å². The van der Waals surface area contributed by atoms with E-state index in [0.29, 0.717) is 18.1 Å². The van der Waals surface area contributed by atoms with Gasteiger partial charge in [0.2, 0.25) is 0 Å². The molecular formula is C13H14F2N2OS. The zero-order valence-corrected chi connectivity index (χ0v) is 11.1. The van der Waals surface area contributed by atoms with Crippen LogP contribution in [0.5, 0.6) is 0 Å². The average molecular weight is 284 g/mol. The van der Waals surface area contributed by atoms with Gasteiger partial charge in [-0.05, 0) is 25.0 Å². The number of carbonyl (C=O) groups excluding carboxylic acids is 1. The highest BCUT2D eigenvalue weighted by Crippen LogP contribution is 2.19. The maximum Gasteiger partial charge on any atom is 0.254 e. The van der Waals surface area contributed by atoms with Gasteiger partial charge in [-0.1, -0.05) is 12.2 Å². The van der Waals surface area contributed by atoms with Crippen LogP contribution >= 0.6 is 12.2 Å². The molecule has 19 heavy (non-hydrogen) atoms. The van der Waals surface area contributed by atoms with Crippen LogP contribution in [0.15, 0.2) is 18.2 Å². The fourth-order valence-corrected chi connectivity index (χ4v) is 2.45. The van der Waals surface area contributed by atoms with Crippen molar-refractivity contribution in [3.8, 4) is 0 Å². The molecule has 1 aromatic rings. The average Bonchev–Trinajstić information content (AvgIpc) is 2.37. The second-order valence-corrected chi connectivity index (χ2v) is 5.12. The Morgan fingerprint density at radius 2 is 1.95 bits per heavy atom. The van der Waals surface area contributed by atoms with Gasteiger partial charge in [-0.15, -0.1) is 0 Å². The van der Waals surface area contributed by atoms with Crippen LogP contribution in [-0.4, -0.2) is 28.9 Å². The van der Waals surface area contributed by atoms with Gasteiger partial charge < -0.3 is 10.6 Å². The van der Waals surface area contributed by atoms with Gasteiger partial charge in [0.15, 0.2) is 0 Å². The van der Waals surface area contributed by atoms with Gasteiger partial charge in [-0.25, -0.2) is 8.78 Å². The minimum Gasteiger partial charge on any atom is -0.393 e. The van der Waals surface area contributed by atoms with E-state index in [9.17, 15) is 13.6 Å². The number of rotatable bonds is 2. The molecule has 0 radical (unpaired) electrons. The molecule has 1 aliphatic heterocycles. The molecule has 102 valence electrons. The first-order valence-electron chi connectivity index (χ1n) is 6.02. The van der Waals surface area contributed by atoms with Crippen molar-refractivity contribution in [1.29, 1.82) is 0 Å². The Hall–Kier alpha value is -1.56. The third-order valence-corrected chi connectivity index (χ3v) is 3.55. The van der Waals surface area contributed by atoms with Crippen LogP contribution in [0.4, 0.5) is 8.78 Å². The normalized spacial score (nSPS) is 19.3. The molecule has 0 aromatic heterocycles. The summed E-state index contributed by atoms with van der Waals surface area (Å²) < 4.78 is 26.2. The number of nitrogens with two attached hydrogens (primary N) is 1. The summed E-state index contributed by atoms with van der Waals surface area (Å²) >= 11 is 4.93. The van der Waals surface area contributed by atoms with Crippen LogP contribution in [0.1, 0.15) is 23.2 Å². The first-order chi connectivity index (χ1) is 8.97. The second-order valence-electron chi connectivity index (χ2n) is 4.65. The van der Waals surface area contributed by atoms with Gasteiger partial charge >= 0.3 is 0 Å². The molecule has 1 aromatic carbocycles. The summed E-state index contributed by atoms with van der Waals surface area (Å²) in [6, 6.07) is 2.82. The van der Waals surface area contributed by atoms with Gasteiger partial charge in [-0.3, -0.25) is 4.79 Å². The molecule has 0 bridgehead atoms. The standard InChI is InChI=1S/C13H14F2N2OS/c14-10-4-9(5-11(15)6-10)13(18)17-3-1-2-8(7-17)12(16)19/h4-6,8H,1-3,7H2,(H2,16,19). The number of hydrogen-bond acceptors (Lipinski definition) is 2. The number of piperidine rings is 1. The van der Waals surface area contributed by atoms with E-state index in [2.05, 4.69) is 0 Å². The van der Waals surface area contributed by atoms with Gasteiger partial charge in [0.25, 0.3) is 5.91 Å². The summed E-state index contributed by atoms with van der Waals surface area (Å²) in [5.74, 6) is -1.93. The van der Waals surface area contributed by atoms with Crippen LogP contribution in [-0.2, 0) is 0 Å². The van der Waals surface area contributed by atoms with Crippen molar-refractivity contribution in [3.63, 3.8) is 0 Å². The maximum absolute atomic E-state index is 13.1. The van der Waals surface area contributed by atoms with E-state index in [4.69, 9.17) is 18.0 Å². The fraction of sp³-hybridized carbons (Fsp3) is 0.385. The predicted octanol–water partition coefficient (Wildman–Crippen LogP) is 2.10. The second kappa shape index (κ2) is 5.61. The van der Waals surface area contributed by atoms with E-state index in [0.717, 1.165) is 31.0 Å². The van der Waals surface area contributed by atoms with Crippen molar-refractivity contribution < 1.29 is 13.6 Å². The van der Waals surface area contributed by atoms with E-state index in [-0.39, 0.29) is 17.4 Å². The molecular weight excluding hydrogens is 270 g/mol. The smallest absolute Gasteiger partial charge is 0.254 e. The van der Waals surface area contributed by atoms with E-state index in [1.165, 1.54) is 0 Å². The van der Waals surface area contributed by atoms with Crippen LogP contribution in [0.25, 0.3) is 0 Å². The molecule has 1 atom stereocenters. The van der Waals surface area contributed by atoms with E-state index < -0.39 is 11.6 Å².